The monoisotopic (exact) mass is 510 g/mol. The summed E-state index contributed by atoms with van der Waals surface area (Å²) in [5.74, 6) is 1.14. The summed E-state index contributed by atoms with van der Waals surface area (Å²) in [4.78, 5) is 9.03. The number of para-hydroxylation sites is 1. The first kappa shape index (κ1) is 23.5. The molecule has 0 aliphatic heterocycles. The van der Waals surface area contributed by atoms with Crippen LogP contribution >= 0.6 is 35.3 Å². The van der Waals surface area contributed by atoms with Crippen molar-refractivity contribution in [2.75, 3.05) is 6.54 Å². The lowest BCUT2D eigenvalue weighted by molar-refractivity contribution is -0.0504. The summed E-state index contributed by atoms with van der Waals surface area (Å²) < 4.78 is 29.5. The Bertz CT molecular complexity index is 725. The van der Waals surface area contributed by atoms with E-state index in [2.05, 4.69) is 39.2 Å². The number of benzene rings is 1. The molecule has 0 aliphatic rings. The summed E-state index contributed by atoms with van der Waals surface area (Å²) in [6, 6.07) is 6.66. The van der Waals surface area contributed by atoms with E-state index >= 15 is 0 Å². The van der Waals surface area contributed by atoms with Crippen LogP contribution in [0, 0.1) is 0 Å². The minimum absolute atomic E-state index is 0. The van der Waals surface area contributed by atoms with Gasteiger partial charge in [0.25, 0.3) is 0 Å². The predicted molar refractivity (Wildman–Crippen MR) is 116 cm³/mol. The number of hydrogen-bond acceptors (Lipinski definition) is 4. The molecule has 1 aromatic heterocycles. The van der Waals surface area contributed by atoms with Crippen LogP contribution in [0.25, 0.3) is 0 Å². The Kier molecular flexibility index (Phi) is 10.5. The number of guanidine groups is 1. The van der Waals surface area contributed by atoms with Crippen LogP contribution in [-0.2, 0) is 13.1 Å². The van der Waals surface area contributed by atoms with Crippen LogP contribution in [0.3, 0.4) is 0 Å². The summed E-state index contributed by atoms with van der Waals surface area (Å²) in [5, 5.41) is 9.48. The molecule has 0 saturated carbocycles. The maximum atomic E-state index is 12.5. The van der Waals surface area contributed by atoms with Crippen molar-refractivity contribution in [3.63, 3.8) is 0 Å². The predicted octanol–water partition coefficient (Wildman–Crippen LogP) is 4.74. The van der Waals surface area contributed by atoms with Crippen LogP contribution in [0.4, 0.5) is 8.78 Å². The van der Waals surface area contributed by atoms with Gasteiger partial charge in [-0.3, -0.25) is 0 Å². The molecule has 0 radical (unpaired) electrons. The molecule has 0 bridgehead atoms. The molecular weight excluding hydrogens is 485 g/mol. The van der Waals surface area contributed by atoms with Gasteiger partial charge in [-0.15, -0.1) is 35.3 Å². The smallest absolute Gasteiger partial charge is 0.387 e. The van der Waals surface area contributed by atoms with E-state index in [4.69, 9.17) is 0 Å². The second-order valence-electron chi connectivity index (χ2n) is 5.87. The zero-order chi connectivity index (χ0) is 18.9. The Labute approximate surface area is 179 Å². The molecular formula is C18H25F2IN4OS. The number of aromatic nitrogens is 1. The number of thiazole rings is 1. The highest BCUT2D eigenvalue weighted by Gasteiger charge is 2.10. The van der Waals surface area contributed by atoms with Crippen molar-refractivity contribution in [2.24, 2.45) is 4.99 Å². The van der Waals surface area contributed by atoms with Gasteiger partial charge < -0.3 is 15.4 Å². The standard InChI is InChI=1S/C18H24F2N4OS.HI/c1-4-21-18(23-10-14-11-26-16(24-14)12(2)3)22-9-13-7-5-6-8-15(13)25-17(19)20;/h5-8,11-12,17H,4,9-10H2,1-3H3,(H2,21,22,23);1H. The minimum Gasteiger partial charge on any atom is -0.434 e. The number of nitrogens with zero attached hydrogens (tertiary/aromatic N) is 2. The lowest BCUT2D eigenvalue weighted by atomic mass is 10.2. The lowest BCUT2D eigenvalue weighted by Gasteiger charge is -2.12. The molecule has 150 valence electrons. The zero-order valence-corrected chi connectivity index (χ0v) is 18.7. The normalized spacial score (nSPS) is 11.4. The van der Waals surface area contributed by atoms with Crippen molar-refractivity contribution in [1.82, 2.24) is 15.6 Å². The van der Waals surface area contributed by atoms with Crippen LogP contribution in [-0.4, -0.2) is 24.1 Å². The van der Waals surface area contributed by atoms with Crippen molar-refractivity contribution >= 4 is 41.3 Å². The number of ether oxygens (including phenoxy) is 1. The molecule has 5 nitrogen and oxygen atoms in total. The van der Waals surface area contributed by atoms with Gasteiger partial charge in [0.05, 0.1) is 23.8 Å². The van der Waals surface area contributed by atoms with E-state index < -0.39 is 6.61 Å². The average molecular weight is 510 g/mol. The van der Waals surface area contributed by atoms with E-state index in [1.54, 1.807) is 29.5 Å². The van der Waals surface area contributed by atoms with Gasteiger partial charge in [-0.2, -0.15) is 8.78 Å². The average Bonchev–Trinajstić information content (AvgIpc) is 3.07. The van der Waals surface area contributed by atoms with Gasteiger partial charge in [-0.25, -0.2) is 9.98 Å². The van der Waals surface area contributed by atoms with Crippen molar-refractivity contribution < 1.29 is 13.5 Å². The third-order valence-corrected chi connectivity index (χ3v) is 4.63. The third-order valence-electron chi connectivity index (χ3n) is 3.44. The fourth-order valence-corrected chi connectivity index (χ4v) is 3.03. The maximum absolute atomic E-state index is 12.5. The molecule has 0 atom stereocenters. The van der Waals surface area contributed by atoms with Crippen LogP contribution in [0.15, 0.2) is 34.6 Å². The molecule has 0 saturated heterocycles. The SMILES string of the molecule is CCNC(=NCc1ccccc1OC(F)F)NCc1csc(C(C)C)n1.I. The topological polar surface area (TPSA) is 58.5 Å². The van der Waals surface area contributed by atoms with Crippen molar-refractivity contribution in [2.45, 2.75) is 46.4 Å². The fourth-order valence-electron chi connectivity index (χ4n) is 2.19. The molecule has 2 aromatic rings. The summed E-state index contributed by atoms with van der Waals surface area (Å²) in [7, 11) is 0. The number of hydrogen-bond donors (Lipinski definition) is 2. The molecule has 2 N–H and O–H groups in total. The fraction of sp³-hybridized carbons (Fsp3) is 0.444. The molecule has 0 amide bonds. The van der Waals surface area contributed by atoms with Gasteiger partial charge in [0, 0.05) is 23.4 Å². The third kappa shape index (κ3) is 7.96. The highest BCUT2D eigenvalue weighted by atomic mass is 127. The number of nitrogens with one attached hydrogen (secondary N) is 2. The van der Waals surface area contributed by atoms with Crippen LogP contribution < -0.4 is 15.4 Å². The van der Waals surface area contributed by atoms with Crippen LogP contribution in [0.2, 0.25) is 0 Å². The van der Waals surface area contributed by atoms with Crippen molar-refractivity contribution in [3.8, 4) is 5.75 Å². The molecule has 2 rings (SSSR count). The van der Waals surface area contributed by atoms with Crippen molar-refractivity contribution in [1.29, 1.82) is 0 Å². The Morgan fingerprint density at radius 1 is 1.26 bits per heavy atom. The summed E-state index contributed by atoms with van der Waals surface area (Å²) in [5.41, 5.74) is 1.55. The number of halogens is 3. The Morgan fingerprint density at radius 2 is 2.00 bits per heavy atom. The van der Waals surface area contributed by atoms with Gasteiger partial charge >= 0.3 is 6.61 Å². The van der Waals surface area contributed by atoms with E-state index in [0.717, 1.165) is 10.7 Å². The molecule has 0 unspecified atom stereocenters. The van der Waals surface area contributed by atoms with Crippen LogP contribution in [0.1, 0.15) is 43.0 Å². The van der Waals surface area contributed by atoms with E-state index in [1.165, 1.54) is 6.07 Å². The van der Waals surface area contributed by atoms with Gasteiger partial charge in [-0.1, -0.05) is 32.0 Å². The first-order chi connectivity index (χ1) is 12.5. The van der Waals surface area contributed by atoms with E-state index in [-0.39, 0.29) is 36.3 Å². The van der Waals surface area contributed by atoms with E-state index in [0.29, 0.717) is 30.5 Å². The largest absolute Gasteiger partial charge is 0.434 e. The molecule has 1 heterocycles. The van der Waals surface area contributed by atoms with Gasteiger partial charge in [0.1, 0.15) is 5.75 Å². The summed E-state index contributed by atoms with van der Waals surface area (Å²) in [6.45, 7) is 4.80. The molecule has 0 aliphatic carbocycles. The van der Waals surface area contributed by atoms with E-state index in [9.17, 15) is 8.78 Å². The zero-order valence-electron chi connectivity index (χ0n) is 15.5. The lowest BCUT2D eigenvalue weighted by Crippen LogP contribution is -2.36. The van der Waals surface area contributed by atoms with Gasteiger partial charge in [-0.05, 0) is 13.0 Å². The molecule has 1 aromatic carbocycles. The Hall–Kier alpha value is -1.49. The Balaban J connectivity index is 0.00000364. The summed E-state index contributed by atoms with van der Waals surface area (Å²) >= 11 is 1.64. The Morgan fingerprint density at radius 3 is 2.63 bits per heavy atom. The van der Waals surface area contributed by atoms with Crippen LogP contribution in [0.5, 0.6) is 5.75 Å². The maximum Gasteiger partial charge on any atom is 0.387 e. The van der Waals surface area contributed by atoms with Crippen molar-refractivity contribution in [3.05, 3.63) is 45.9 Å². The van der Waals surface area contributed by atoms with Gasteiger partial charge in [0.2, 0.25) is 0 Å². The molecule has 27 heavy (non-hydrogen) atoms. The number of aliphatic imine (C=N–C) groups is 1. The quantitative estimate of drug-likeness (QED) is 0.306. The second-order valence-corrected chi connectivity index (χ2v) is 6.76. The molecule has 9 heteroatoms. The highest BCUT2D eigenvalue weighted by molar-refractivity contribution is 14.0. The first-order valence-electron chi connectivity index (χ1n) is 8.48. The number of rotatable bonds is 8. The van der Waals surface area contributed by atoms with E-state index in [1.807, 2.05) is 12.3 Å². The van der Waals surface area contributed by atoms with Gasteiger partial charge in [0.15, 0.2) is 5.96 Å². The first-order valence-corrected chi connectivity index (χ1v) is 9.36. The minimum atomic E-state index is -2.86. The second kappa shape index (κ2) is 12.1. The highest BCUT2D eigenvalue weighted by Crippen LogP contribution is 2.21. The summed E-state index contributed by atoms with van der Waals surface area (Å²) in [6.07, 6.45) is 0. The molecule has 0 spiro atoms. The number of alkyl halides is 2. The molecule has 0 fully saturated rings.